The first-order chi connectivity index (χ1) is 11.8. The number of halogens is 1. The van der Waals surface area contributed by atoms with Gasteiger partial charge in [-0.2, -0.15) is 0 Å². The number of rotatable bonds is 5. The number of hydrogen-bond donors (Lipinski definition) is 2. The van der Waals surface area contributed by atoms with Crippen molar-refractivity contribution in [3.8, 4) is 0 Å². The van der Waals surface area contributed by atoms with Crippen molar-refractivity contribution in [2.24, 2.45) is 5.73 Å². The fourth-order valence-corrected chi connectivity index (χ4v) is 2.27. The third-order valence-electron chi connectivity index (χ3n) is 3.38. The quantitative estimate of drug-likeness (QED) is 0.733. The van der Waals surface area contributed by atoms with E-state index in [0.717, 1.165) is 12.2 Å². The van der Waals surface area contributed by atoms with Crippen LogP contribution >= 0.6 is 11.6 Å². The lowest BCUT2D eigenvalue weighted by Gasteiger charge is -2.05. The molecule has 3 aromatic rings. The number of nitrogens with one attached hydrogen (secondary N) is 1. The van der Waals surface area contributed by atoms with Crippen LogP contribution in [0.25, 0.3) is 0 Å². The van der Waals surface area contributed by atoms with Crippen molar-refractivity contribution in [1.82, 2.24) is 10.3 Å². The first-order valence-corrected chi connectivity index (χ1v) is 8.25. The van der Waals surface area contributed by atoms with Gasteiger partial charge in [0.15, 0.2) is 0 Å². The van der Waals surface area contributed by atoms with Gasteiger partial charge < -0.3 is 11.1 Å². The molecular weight excluding hydrogens is 318 g/mol. The highest BCUT2D eigenvalue weighted by atomic mass is 35.5. The van der Waals surface area contributed by atoms with E-state index in [1.54, 1.807) is 6.20 Å². The minimum absolute atomic E-state index is 0.640. The van der Waals surface area contributed by atoms with Crippen molar-refractivity contribution < 1.29 is 0 Å². The highest BCUT2D eigenvalue weighted by Crippen LogP contribution is 2.11. The number of pyridine rings is 1. The summed E-state index contributed by atoms with van der Waals surface area (Å²) in [5, 5.41) is 4.02. The molecule has 0 bridgehead atoms. The van der Waals surface area contributed by atoms with Gasteiger partial charge in [-0.1, -0.05) is 72.3 Å². The molecule has 0 amide bonds. The fraction of sp³-hybridized carbons (Fsp3) is 0.150. The Morgan fingerprint density at radius 2 is 1.42 bits per heavy atom. The maximum atomic E-state index is 6.00. The Kier molecular flexibility index (Phi) is 7.98. The number of benzene rings is 2. The molecule has 0 aliphatic rings. The molecule has 0 spiro atoms. The summed E-state index contributed by atoms with van der Waals surface area (Å²) in [6, 6.07) is 23.9. The third-order valence-corrected chi connectivity index (χ3v) is 3.72. The number of nitrogens with two attached hydrogens (primary N) is 1. The van der Waals surface area contributed by atoms with E-state index < -0.39 is 0 Å². The Hall–Kier alpha value is -2.20. The van der Waals surface area contributed by atoms with Gasteiger partial charge in [0.1, 0.15) is 0 Å². The Morgan fingerprint density at radius 1 is 0.792 bits per heavy atom. The second-order valence-electron chi connectivity index (χ2n) is 5.21. The molecule has 0 atom stereocenters. The van der Waals surface area contributed by atoms with E-state index >= 15 is 0 Å². The molecule has 3 nitrogen and oxygen atoms in total. The van der Waals surface area contributed by atoms with Crippen LogP contribution in [-0.2, 0) is 19.6 Å². The molecule has 3 rings (SSSR count). The van der Waals surface area contributed by atoms with Gasteiger partial charge in [-0.05, 0) is 23.3 Å². The van der Waals surface area contributed by atoms with Crippen LogP contribution < -0.4 is 11.1 Å². The summed E-state index contributed by atoms with van der Waals surface area (Å²) in [5.41, 5.74) is 8.69. The van der Waals surface area contributed by atoms with Crippen molar-refractivity contribution in [3.05, 3.63) is 101 Å². The largest absolute Gasteiger partial charge is 0.326 e. The smallest absolute Gasteiger partial charge is 0.0727 e. The summed E-state index contributed by atoms with van der Waals surface area (Å²) in [6.07, 6.45) is 1.76. The van der Waals surface area contributed by atoms with Crippen LogP contribution in [0, 0.1) is 0 Å². The molecule has 24 heavy (non-hydrogen) atoms. The van der Waals surface area contributed by atoms with Crippen molar-refractivity contribution in [3.63, 3.8) is 0 Å². The Bertz CT molecular complexity index is 702. The standard InChI is InChI=1S/C13H13ClN2.C7H9N/c14-12-7-4-8-16-13(12)10-15-9-11-5-2-1-3-6-11;8-6-7-4-2-1-3-5-7/h1-8,15H,9-10H2;1-5H,6,8H2. The second kappa shape index (κ2) is 10.6. The molecule has 0 fully saturated rings. The van der Waals surface area contributed by atoms with Crippen LogP contribution in [0.1, 0.15) is 16.8 Å². The molecule has 124 valence electrons. The molecule has 2 aromatic carbocycles. The van der Waals surface area contributed by atoms with Crippen LogP contribution in [0.2, 0.25) is 5.02 Å². The zero-order valence-electron chi connectivity index (χ0n) is 13.5. The first kappa shape index (κ1) is 18.1. The van der Waals surface area contributed by atoms with E-state index in [4.69, 9.17) is 17.3 Å². The van der Waals surface area contributed by atoms with Crippen LogP contribution in [0.5, 0.6) is 0 Å². The van der Waals surface area contributed by atoms with Gasteiger partial charge in [0.05, 0.1) is 10.7 Å². The average molecular weight is 340 g/mol. The Morgan fingerprint density at radius 3 is 1.96 bits per heavy atom. The Labute approximate surface area is 148 Å². The van der Waals surface area contributed by atoms with Crippen molar-refractivity contribution in [1.29, 1.82) is 0 Å². The van der Waals surface area contributed by atoms with Gasteiger partial charge in [-0.15, -0.1) is 0 Å². The predicted octanol–water partition coefficient (Wildman–Crippen LogP) is 4.17. The van der Waals surface area contributed by atoms with Crippen LogP contribution in [0.15, 0.2) is 79.0 Å². The van der Waals surface area contributed by atoms with Gasteiger partial charge in [0.2, 0.25) is 0 Å². The number of nitrogens with zero attached hydrogens (tertiary/aromatic N) is 1. The lowest BCUT2D eigenvalue weighted by atomic mass is 10.2. The van der Waals surface area contributed by atoms with E-state index in [2.05, 4.69) is 22.4 Å². The van der Waals surface area contributed by atoms with Gasteiger partial charge in [0, 0.05) is 25.8 Å². The van der Waals surface area contributed by atoms with Crippen LogP contribution in [0.4, 0.5) is 0 Å². The summed E-state index contributed by atoms with van der Waals surface area (Å²) in [7, 11) is 0. The molecule has 1 aromatic heterocycles. The molecule has 3 N–H and O–H groups in total. The molecule has 0 saturated carbocycles. The predicted molar refractivity (Wildman–Crippen MR) is 101 cm³/mol. The highest BCUT2D eigenvalue weighted by molar-refractivity contribution is 6.31. The Balaban J connectivity index is 0.000000219. The van der Waals surface area contributed by atoms with Crippen LogP contribution in [0.3, 0.4) is 0 Å². The molecule has 0 saturated heterocycles. The molecule has 4 heteroatoms. The average Bonchev–Trinajstić information content (AvgIpc) is 2.65. The zero-order valence-corrected chi connectivity index (χ0v) is 14.3. The van der Waals surface area contributed by atoms with Crippen molar-refractivity contribution in [2.75, 3.05) is 0 Å². The normalized spacial score (nSPS) is 9.92. The van der Waals surface area contributed by atoms with E-state index in [0.29, 0.717) is 18.1 Å². The molecule has 0 aliphatic heterocycles. The second-order valence-corrected chi connectivity index (χ2v) is 5.62. The molecule has 0 radical (unpaired) electrons. The van der Waals surface area contributed by atoms with Gasteiger partial charge in [0.25, 0.3) is 0 Å². The van der Waals surface area contributed by atoms with Gasteiger partial charge in [-0.25, -0.2) is 0 Å². The number of aromatic nitrogens is 1. The monoisotopic (exact) mass is 339 g/mol. The lowest BCUT2D eigenvalue weighted by molar-refractivity contribution is 0.680. The van der Waals surface area contributed by atoms with E-state index in [1.165, 1.54) is 11.1 Å². The van der Waals surface area contributed by atoms with E-state index in [-0.39, 0.29) is 0 Å². The fourth-order valence-electron chi connectivity index (χ4n) is 2.08. The van der Waals surface area contributed by atoms with Gasteiger partial charge >= 0.3 is 0 Å². The SMILES string of the molecule is Clc1cccnc1CNCc1ccccc1.NCc1ccccc1. The summed E-state index contributed by atoms with van der Waals surface area (Å²) in [4.78, 5) is 4.22. The summed E-state index contributed by atoms with van der Waals surface area (Å²) < 4.78 is 0. The van der Waals surface area contributed by atoms with Crippen molar-refractivity contribution in [2.45, 2.75) is 19.6 Å². The summed E-state index contributed by atoms with van der Waals surface area (Å²) >= 11 is 6.00. The summed E-state index contributed by atoms with van der Waals surface area (Å²) in [6.45, 7) is 2.16. The lowest BCUT2D eigenvalue weighted by Crippen LogP contribution is -2.13. The summed E-state index contributed by atoms with van der Waals surface area (Å²) in [5.74, 6) is 0. The minimum atomic E-state index is 0.640. The van der Waals surface area contributed by atoms with Crippen molar-refractivity contribution >= 4 is 11.6 Å². The first-order valence-electron chi connectivity index (χ1n) is 7.87. The van der Waals surface area contributed by atoms with Crippen LogP contribution in [-0.4, -0.2) is 4.98 Å². The van der Waals surface area contributed by atoms with E-state index in [9.17, 15) is 0 Å². The maximum Gasteiger partial charge on any atom is 0.0727 e. The molecule has 1 heterocycles. The number of hydrogen-bond acceptors (Lipinski definition) is 3. The topological polar surface area (TPSA) is 50.9 Å². The molecule has 0 aliphatic carbocycles. The molecule has 0 unspecified atom stereocenters. The zero-order chi connectivity index (χ0) is 17.0. The third kappa shape index (κ3) is 6.50. The van der Waals surface area contributed by atoms with Gasteiger partial charge in [-0.3, -0.25) is 4.98 Å². The minimum Gasteiger partial charge on any atom is -0.326 e. The molecular formula is C20H22ClN3. The maximum absolute atomic E-state index is 6.00. The van der Waals surface area contributed by atoms with E-state index in [1.807, 2.05) is 60.7 Å². The highest BCUT2D eigenvalue weighted by Gasteiger charge is 1.99.